The van der Waals surface area contributed by atoms with Crippen LogP contribution in [-0.4, -0.2) is 43.0 Å². The molecular formula is C12H25N3O. The topological polar surface area (TPSA) is 58.4 Å². The van der Waals surface area contributed by atoms with Crippen molar-refractivity contribution in [3.8, 4) is 0 Å². The van der Waals surface area contributed by atoms with Crippen molar-refractivity contribution >= 4 is 5.91 Å². The van der Waals surface area contributed by atoms with Gasteiger partial charge in [-0.2, -0.15) is 0 Å². The van der Waals surface area contributed by atoms with Crippen molar-refractivity contribution in [2.75, 3.05) is 20.1 Å². The predicted octanol–water partition coefficient (Wildman–Crippen LogP) is 0.714. The summed E-state index contributed by atoms with van der Waals surface area (Å²) >= 11 is 0. The molecule has 16 heavy (non-hydrogen) atoms. The zero-order chi connectivity index (χ0) is 12.0. The molecule has 1 unspecified atom stereocenters. The molecule has 0 saturated heterocycles. The molecule has 1 aliphatic carbocycles. The van der Waals surface area contributed by atoms with Gasteiger partial charge in [-0.1, -0.05) is 19.8 Å². The number of amides is 1. The van der Waals surface area contributed by atoms with Crippen LogP contribution in [0.2, 0.25) is 0 Å². The van der Waals surface area contributed by atoms with E-state index in [0.29, 0.717) is 6.04 Å². The molecule has 0 aromatic rings. The number of hydrogen-bond donors (Lipinski definition) is 2. The molecule has 1 fully saturated rings. The average Bonchev–Trinajstić information content (AvgIpc) is 3.01. The quantitative estimate of drug-likeness (QED) is 0.571. The summed E-state index contributed by atoms with van der Waals surface area (Å²) in [5.41, 5.74) is 5.39. The molecular weight excluding hydrogens is 202 g/mol. The lowest BCUT2D eigenvalue weighted by molar-refractivity contribution is -0.120. The largest absolute Gasteiger partial charge is 0.368 e. The third-order valence-corrected chi connectivity index (χ3v) is 3.00. The number of nitrogens with one attached hydrogen (secondary N) is 1. The summed E-state index contributed by atoms with van der Waals surface area (Å²) in [6.45, 7) is 3.97. The molecule has 0 bridgehead atoms. The van der Waals surface area contributed by atoms with E-state index in [0.717, 1.165) is 13.1 Å². The van der Waals surface area contributed by atoms with Crippen LogP contribution in [0, 0.1) is 0 Å². The molecule has 94 valence electrons. The van der Waals surface area contributed by atoms with Crippen molar-refractivity contribution in [3.05, 3.63) is 0 Å². The van der Waals surface area contributed by atoms with Gasteiger partial charge in [-0.25, -0.2) is 0 Å². The minimum Gasteiger partial charge on any atom is -0.368 e. The Morgan fingerprint density at radius 3 is 2.69 bits per heavy atom. The van der Waals surface area contributed by atoms with Crippen LogP contribution in [0.1, 0.15) is 39.0 Å². The molecule has 0 heterocycles. The monoisotopic (exact) mass is 227 g/mol. The number of carbonyl (C=O) groups is 1. The molecule has 0 radical (unpaired) electrons. The van der Waals surface area contributed by atoms with Crippen molar-refractivity contribution in [3.63, 3.8) is 0 Å². The lowest BCUT2D eigenvalue weighted by Crippen LogP contribution is -2.49. The lowest BCUT2D eigenvalue weighted by atomic mass is 10.2. The fraction of sp³-hybridized carbons (Fsp3) is 0.917. The first-order chi connectivity index (χ1) is 7.63. The van der Waals surface area contributed by atoms with Crippen LogP contribution in [0.25, 0.3) is 0 Å². The summed E-state index contributed by atoms with van der Waals surface area (Å²) in [7, 11) is 2.06. The smallest absolute Gasteiger partial charge is 0.235 e. The van der Waals surface area contributed by atoms with Gasteiger partial charge in [-0.3, -0.25) is 4.79 Å². The van der Waals surface area contributed by atoms with Gasteiger partial charge in [0.2, 0.25) is 5.91 Å². The van der Waals surface area contributed by atoms with Crippen LogP contribution in [0.5, 0.6) is 0 Å². The highest BCUT2D eigenvalue weighted by atomic mass is 16.1. The van der Waals surface area contributed by atoms with E-state index < -0.39 is 0 Å². The Morgan fingerprint density at radius 2 is 2.19 bits per heavy atom. The molecule has 1 saturated carbocycles. The van der Waals surface area contributed by atoms with Crippen molar-refractivity contribution in [2.24, 2.45) is 5.73 Å². The van der Waals surface area contributed by atoms with Crippen molar-refractivity contribution < 1.29 is 4.79 Å². The Hall–Kier alpha value is -0.610. The van der Waals surface area contributed by atoms with Gasteiger partial charge in [-0.15, -0.1) is 0 Å². The molecule has 3 N–H and O–H groups in total. The highest BCUT2D eigenvalue weighted by Crippen LogP contribution is 2.19. The first-order valence-corrected chi connectivity index (χ1v) is 6.37. The van der Waals surface area contributed by atoms with Crippen LogP contribution in [0.15, 0.2) is 0 Å². The third-order valence-electron chi connectivity index (χ3n) is 3.00. The van der Waals surface area contributed by atoms with Crippen molar-refractivity contribution in [1.82, 2.24) is 10.2 Å². The van der Waals surface area contributed by atoms with Gasteiger partial charge in [-0.05, 0) is 32.9 Å². The van der Waals surface area contributed by atoms with E-state index in [-0.39, 0.29) is 11.9 Å². The molecule has 0 aromatic heterocycles. The number of carbonyl (C=O) groups excluding carboxylic acids is 1. The second kappa shape index (κ2) is 6.86. The summed E-state index contributed by atoms with van der Waals surface area (Å²) in [6, 6.07) is 0.348. The van der Waals surface area contributed by atoms with Gasteiger partial charge in [0.05, 0.1) is 6.04 Å². The Balaban J connectivity index is 2.20. The van der Waals surface area contributed by atoms with E-state index in [4.69, 9.17) is 5.73 Å². The second-order valence-electron chi connectivity index (χ2n) is 4.87. The summed E-state index contributed by atoms with van der Waals surface area (Å²) in [5, 5.41) is 3.30. The molecule has 1 aliphatic rings. The van der Waals surface area contributed by atoms with Crippen LogP contribution in [0.3, 0.4) is 0 Å². The maximum atomic E-state index is 11.3. The highest BCUT2D eigenvalue weighted by Gasteiger charge is 2.27. The van der Waals surface area contributed by atoms with Crippen LogP contribution in [0.4, 0.5) is 0 Å². The van der Waals surface area contributed by atoms with Gasteiger partial charge < -0.3 is 16.0 Å². The first kappa shape index (κ1) is 13.5. The van der Waals surface area contributed by atoms with E-state index in [9.17, 15) is 4.79 Å². The Labute approximate surface area is 98.6 Å². The molecule has 1 amide bonds. The zero-order valence-electron chi connectivity index (χ0n) is 10.5. The molecule has 4 nitrogen and oxygen atoms in total. The molecule has 0 aliphatic heterocycles. The van der Waals surface area contributed by atoms with E-state index in [1.54, 1.807) is 0 Å². The molecule has 0 spiro atoms. The molecule has 0 aromatic carbocycles. The Kier molecular flexibility index (Phi) is 5.77. The van der Waals surface area contributed by atoms with E-state index in [1.165, 1.54) is 32.1 Å². The number of hydrogen-bond acceptors (Lipinski definition) is 3. The number of primary amides is 1. The summed E-state index contributed by atoms with van der Waals surface area (Å²) in [4.78, 5) is 13.5. The van der Waals surface area contributed by atoms with Gasteiger partial charge >= 0.3 is 0 Å². The van der Waals surface area contributed by atoms with Gasteiger partial charge in [0.1, 0.15) is 0 Å². The predicted molar refractivity (Wildman–Crippen MR) is 66.2 cm³/mol. The molecule has 1 atom stereocenters. The van der Waals surface area contributed by atoms with Gasteiger partial charge in [0, 0.05) is 12.6 Å². The summed E-state index contributed by atoms with van der Waals surface area (Å²) in [6.07, 6.45) is 6.05. The normalized spacial score (nSPS) is 17.7. The number of rotatable bonds is 9. The van der Waals surface area contributed by atoms with Crippen LogP contribution < -0.4 is 11.1 Å². The lowest BCUT2D eigenvalue weighted by Gasteiger charge is -2.22. The minimum absolute atomic E-state index is 0.181. The average molecular weight is 227 g/mol. The Morgan fingerprint density at radius 1 is 1.50 bits per heavy atom. The number of unbranched alkanes of at least 4 members (excludes halogenated alkanes) is 2. The maximum absolute atomic E-state index is 11.3. The summed E-state index contributed by atoms with van der Waals surface area (Å²) in [5.74, 6) is -0.228. The van der Waals surface area contributed by atoms with E-state index >= 15 is 0 Å². The first-order valence-electron chi connectivity index (χ1n) is 6.37. The third kappa shape index (κ3) is 5.47. The molecule has 4 heteroatoms. The molecule has 1 rings (SSSR count). The van der Waals surface area contributed by atoms with E-state index in [1.807, 2.05) is 0 Å². The standard InChI is InChI=1S/C12H25N3O/c1-3-4-5-8-15(2)9-11(12(13)16)14-10-6-7-10/h10-11,14H,3-9H2,1-2H3,(H2,13,16). The number of nitrogens with two attached hydrogens (primary N) is 1. The van der Waals surface area contributed by atoms with Crippen molar-refractivity contribution in [1.29, 1.82) is 0 Å². The minimum atomic E-state index is -0.228. The Bertz CT molecular complexity index is 216. The maximum Gasteiger partial charge on any atom is 0.235 e. The van der Waals surface area contributed by atoms with Gasteiger partial charge in [0.15, 0.2) is 0 Å². The zero-order valence-corrected chi connectivity index (χ0v) is 10.5. The summed E-state index contributed by atoms with van der Waals surface area (Å²) < 4.78 is 0. The fourth-order valence-electron chi connectivity index (χ4n) is 1.79. The number of likely N-dealkylation sites (N-methyl/N-ethyl adjacent to an activating group) is 1. The number of nitrogens with zero attached hydrogens (tertiary/aromatic N) is 1. The van der Waals surface area contributed by atoms with Gasteiger partial charge in [0.25, 0.3) is 0 Å². The fourth-order valence-corrected chi connectivity index (χ4v) is 1.79. The van der Waals surface area contributed by atoms with Crippen LogP contribution in [-0.2, 0) is 4.79 Å². The highest BCUT2D eigenvalue weighted by molar-refractivity contribution is 5.80. The van der Waals surface area contributed by atoms with Crippen LogP contribution >= 0.6 is 0 Å². The second-order valence-corrected chi connectivity index (χ2v) is 4.87. The van der Waals surface area contributed by atoms with Crippen molar-refractivity contribution in [2.45, 2.75) is 51.1 Å². The van der Waals surface area contributed by atoms with E-state index in [2.05, 4.69) is 24.2 Å². The SMILES string of the molecule is CCCCCN(C)CC(NC1CC1)C(N)=O.